The molecule has 5 aromatic rings. The molecule has 12 heteroatoms. The van der Waals surface area contributed by atoms with Gasteiger partial charge in [-0.25, -0.2) is 4.79 Å². The molecule has 0 aliphatic carbocycles. The number of fused-ring (bicyclic) bond motifs is 16. The molecule has 7 rings (SSSR count). The van der Waals surface area contributed by atoms with Crippen LogP contribution in [-0.2, 0) is 49.7 Å². The minimum absolute atomic E-state index is 0.0384. The number of carboxylic acids is 1. The van der Waals surface area contributed by atoms with Gasteiger partial charge in [0.1, 0.15) is 29.9 Å². The Labute approximate surface area is 323 Å². The van der Waals surface area contributed by atoms with E-state index in [0.29, 0.717) is 17.7 Å². The van der Waals surface area contributed by atoms with E-state index in [4.69, 9.17) is 4.74 Å². The number of carbonyl (C=O) groups is 5. The van der Waals surface area contributed by atoms with Gasteiger partial charge in [0.25, 0.3) is 5.91 Å². The average molecular weight is 759 g/mol. The maximum atomic E-state index is 14.3. The Balaban J connectivity index is 1.33. The molecule has 11 nitrogen and oxygen atoms in total. The van der Waals surface area contributed by atoms with Crippen LogP contribution < -0.4 is 26.0 Å². The number of hydrogen-bond acceptors (Lipinski definition) is 7. The summed E-state index contributed by atoms with van der Waals surface area (Å²) >= 11 is 1.43. The topological polar surface area (TPSA) is 163 Å². The zero-order valence-electron chi connectivity index (χ0n) is 30.0. The van der Waals surface area contributed by atoms with E-state index in [1.54, 1.807) is 24.3 Å². The van der Waals surface area contributed by atoms with E-state index < -0.39 is 53.8 Å². The fourth-order valence-electron chi connectivity index (χ4n) is 6.33. The summed E-state index contributed by atoms with van der Waals surface area (Å²) in [7, 11) is 0. The van der Waals surface area contributed by atoms with Crippen LogP contribution in [-0.4, -0.2) is 65.5 Å². The van der Waals surface area contributed by atoms with Crippen LogP contribution in [0, 0.1) is 0 Å². The SMILES string of the molecule is O=C1COc2ccc(cc2)C[C@@H](C(=O)O)NC(=O)[C@H](CCc2ccccc2)NC(=O)[C@@H](Cc2ccc(-c3ccccc3)cc2)NC(=O)[C@H](Cc2cccs2)N1. The monoisotopic (exact) mass is 758 g/mol. The number of benzene rings is 4. The summed E-state index contributed by atoms with van der Waals surface area (Å²) in [6, 6.07) is 32.4. The van der Waals surface area contributed by atoms with E-state index in [2.05, 4.69) is 21.3 Å². The third kappa shape index (κ3) is 11.1. The van der Waals surface area contributed by atoms with Gasteiger partial charge >= 0.3 is 5.97 Å². The van der Waals surface area contributed by atoms with Gasteiger partial charge < -0.3 is 31.1 Å². The highest BCUT2D eigenvalue weighted by atomic mass is 32.1. The first-order chi connectivity index (χ1) is 26.7. The molecule has 0 saturated carbocycles. The highest BCUT2D eigenvalue weighted by Crippen LogP contribution is 2.21. The molecule has 5 N–H and O–H groups in total. The van der Waals surface area contributed by atoms with Crippen molar-refractivity contribution in [2.75, 3.05) is 6.61 Å². The Bertz CT molecular complexity index is 2060. The van der Waals surface area contributed by atoms with Crippen LogP contribution in [0.2, 0.25) is 0 Å². The normalized spacial score (nSPS) is 19.7. The molecular formula is C43H42N4O7S. The fraction of sp³-hybridized carbons (Fsp3) is 0.233. The third-order valence-corrected chi connectivity index (χ3v) is 10.2. The molecule has 1 aromatic heterocycles. The molecule has 3 heterocycles. The van der Waals surface area contributed by atoms with Crippen LogP contribution in [0.4, 0.5) is 0 Å². The molecule has 0 spiro atoms. The van der Waals surface area contributed by atoms with E-state index in [1.165, 1.54) is 11.3 Å². The lowest BCUT2D eigenvalue weighted by atomic mass is 9.99. The maximum absolute atomic E-state index is 14.3. The molecule has 282 valence electrons. The number of aliphatic carboxylic acids is 1. The first kappa shape index (κ1) is 38.5. The molecule has 2 aliphatic heterocycles. The molecular weight excluding hydrogens is 717 g/mol. The second kappa shape index (κ2) is 18.7. The van der Waals surface area contributed by atoms with Crippen LogP contribution in [0.3, 0.4) is 0 Å². The standard InChI is InChI=1S/C43H42N4O7S/c48-39-27-54-33-20-15-30(16-21-33)25-38(43(52)53)47-40(49)35(22-17-28-8-3-1-4-9-28)45-41(50)36(46-42(51)37(44-39)26-34-12-7-23-55-34)24-29-13-18-32(19-14-29)31-10-5-2-6-11-31/h1-16,18-21,23,35-38H,17,22,24-27H2,(H,44,48)(H,45,50)(H,46,51)(H,47,49)(H,52,53)/t35-,36+,37-,38-/m0/s1. The second-order valence-electron chi connectivity index (χ2n) is 13.4. The summed E-state index contributed by atoms with van der Waals surface area (Å²) in [5, 5.41) is 23.1. The molecule has 4 aromatic carbocycles. The highest BCUT2D eigenvalue weighted by Gasteiger charge is 2.32. The van der Waals surface area contributed by atoms with E-state index in [0.717, 1.165) is 27.1 Å². The lowest BCUT2D eigenvalue weighted by Gasteiger charge is -2.26. The lowest BCUT2D eigenvalue weighted by Crippen LogP contribution is -2.59. The number of carbonyl (C=O) groups excluding carboxylic acids is 4. The summed E-state index contributed by atoms with van der Waals surface area (Å²) in [6.45, 7) is -0.387. The molecule has 4 atom stereocenters. The van der Waals surface area contributed by atoms with Crippen molar-refractivity contribution in [3.8, 4) is 16.9 Å². The minimum atomic E-state index is -1.31. The Morgan fingerprint density at radius 1 is 0.636 bits per heavy atom. The molecule has 0 saturated heterocycles. The molecule has 2 aliphatic rings. The fourth-order valence-corrected chi connectivity index (χ4v) is 7.08. The van der Waals surface area contributed by atoms with Crippen molar-refractivity contribution >= 4 is 40.9 Å². The average Bonchev–Trinajstić information content (AvgIpc) is 3.72. The number of amides is 4. The van der Waals surface area contributed by atoms with Crippen LogP contribution in [0.15, 0.2) is 127 Å². The van der Waals surface area contributed by atoms with Crippen LogP contribution in [0.1, 0.15) is 28.0 Å². The smallest absolute Gasteiger partial charge is 0.326 e. The van der Waals surface area contributed by atoms with Crippen molar-refractivity contribution in [3.63, 3.8) is 0 Å². The van der Waals surface area contributed by atoms with Gasteiger partial charge in [0, 0.05) is 24.1 Å². The second-order valence-corrected chi connectivity index (χ2v) is 14.4. The van der Waals surface area contributed by atoms with Crippen molar-refractivity contribution in [3.05, 3.63) is 148 Å². The quantitative estimate of drug-likeness (QED) is 0.138. The van der Waals surface area contributed by atoms with Gasteiger partial charge in [-0.05, 0) is 64.2 Å². The van der Waals surface area contributed by atoms with Crippen LogP contribution in [0.5, 0.6) is 5.75 Å². The van der Waals surface area contributed by atoms with Crippen molar-refractivity contribution in [1.29, 1.82) is 0 Å². The summed E-state index contributed by atoms with van der Waals surface area (Å²) in [4.78, 5) is 68.7. The van der Waals surface area contributed by atoms with E-state index in [9.17, 15) is 29.1 Å². The van der Waals surface area contributed by atoms with Gasteiger partial charge in [-0.15, -0.1) is 11.3 Å². The summed E-state index contributed by atoms with van der Waals surface area (Å²) in [5.74, 6) is -3.33. The molecule has 0 fully saturated rings. The lowest BCUT2D eigenvalue weighted by molar-refractivity contribution is -0.142. The predicted molar refractivity (Wildman–Crippen MR) is 209 cm³/mol. The Kier molecular flexibility index (Phi) is 13.0. The van der Waals surface area contributed by atoms with E-state index >= 15 is 0 Å². The summed E-state index contributed by atoms with van der Waals surface area (Å²) < 4.78 is 5.69. The first-order valence-electron chi connectivity index (χ1n) is 18.1. The zero-order valence-corrected chi connectivity index (χ0v) is 30.8. The van der Waals surface area contributed by atoms with Crippen LogP contribution in [0.25, 0.3) is 11.1 Å². The molecule has 0 radical (unpaired) electrons. The van der Waals surface area contributed by atoms with Gasteiger partial charge in [-0.2, -0.15) is 0 Å². The first-order valence-corrected chi connectivity index (χ1v) is 18.9. The van der Waals surface area contributed by atoms with E-state index in [-0.39, 0.29) is 32.3 Å². The number of thiophene rings is 1. The minimum Gasteiger partial charge on any atom is -0.484 e. The van der Waals surface area contributed by atoms with Gasteiger partial charge in [0.05, 0.1) is 0 Å². The van der Waals surface area contributed by atoms with Gasteiger partial charge in [0.15, 0.2) is 6.61 Å². The van der Waals surface area contributed by atoms with Gasteiger partial charge in [-0.3, -0.25) is 19.2 Å². The molecule has 0 unspecified atom stereocenters. The molecule has 2 bridgehead atoms. The Hall–Kier alpha value is -6.27. The van der Waals surface area contributed by atoms with Crippen molar-refractivity contribution in [2.24, 2.45) is 0 Å². The number of carboxylic acid groups (broad SMARTS) is 1. The van der Waals surface area contributed by atoms with Crippen molar-refractivity contribution in [1.82, 2.24) is 21.3 Å². The largest absolute Gasteiger partial charge is 0.484 e. The number of nitrogens with one attached hydrogen (secondary N) is 4. The number of hydrogen-bond donors (Lipinski definition) is 5. The zero-order chi connectivity index (χ0) is 38.6. The van der Waals surface area contributed by atoms with Crippen LogP contribution >= 0.6 is 11.3 Å². The van der Waals surface area contributed by atoms with E-state index in [1.807, 2.05) is 102 Å². The predicted octanol–water partition coefficient (Wildman–Crippen LogP) is 4.49. The molecule has 55 heavy (non-hydrogen) atoms. The summed E-state index contributed by atoms with van der Waals surface area (Å²) in [5.41, 5.74) is 4.27. The highest BCUT2D eigenvalue weighted by molar-refractivity contribution is 7.09. The third-order valence-electron chi connectivity index (χ3n) is 9.32. The number of ether oxygens (including phenoxy) is 1. The maximum Gasteiger partial charge on any atom is 0.326 e. The Morgan fingerprint density at radius 3 is 1.91 bits per heavy atom. The Morgan fingerprint density at radius 2 is 1.25 bits per heavy atom. The molecule has 4 amide bonds. The van der Waals surface area contributed by atoms with Crippen molar-refractivity contribution < 1.29 is 33.8 Å². The van der Waals surface area contributed by atoms with Crippen molar-refractivity contribution in [2.45, 2.75) is 56.3 Å². The number of rotatable bonds is 9. The van der Waals surface area contributed by atoms with Gasteiger partial charge in [-0.1, -0.05) is 103 Å². The summed E-state index contributed by atoms with van der Waals surface area (Å²) in [6.07, 6.45) is 0.759. The number of aryl methyl sites for hydroxylation is 1. The van der Waals surface area contributed by atoms with Gasteiger partial charge in [0.2, 0.25) is 17.7 Å².